The number of aromatic nitrogens is 1. The number of aryl methyl sites for hydroxylation is 1. The lowest BCUT2D eigenvalue weighted by molar-refractivity contribution is -0.111. The van der Waals surface area contributed by atoms with Crippen molar-refractivity contribution in [2.75, 3.05) is 5.32 Å². The summed E-state index contributed by atoms with van der Waals surface area (Å²) in [5.41, 5.74) is 1.71. The molecule has 0 unspecified atom stereocenters. The molecule has 1 aromatic heterocycles. The van der Waals surface area contributed by atoms with Crippen LogP contribution in [0.15, 0.2) is 18.5 Å². The highest BCUT2D eigenvalue weighted by atomic mass is 16.1. The van der Waals surface area contributed by atoms with Crippen LogP contribution in [0.3, 0.4) is 0 Å². The molecular formula is C10H10N2O. The molecule has 0 aliphatic heterocycles. The molecule has 13 heavy (non-hydrogen) atoms. The fourth-order valence-electron chi connectivity index (χ4n) is 0.989. The van der Waals surface area contributed by atoms with Crippen molar-refractivity contribution in [3.05, 3.63) is 24.0 Å². The Morgan fingerprint density at radius 3 is 3.15 bits per heavy atom. The number of hydrogen-bond donors (Lipinski definition) is 1. The van der Waals surface area contributed by atoms with Crippen LogP contribution >= 0.6 is 0 Å². The predicted octanol–water partition coefficient (Wildman–Crippen LogP) is 1.22. The van der Waals surface area contributed by atoms with Crippen molar-refractivity contribution in [2.24, 2.45) is 0 Å². The van der Waals surface area contributed by atoms with Crippen molar-refractivity contribution < 1.29 is 4.79 Å². The summed E-state index contributed by atoms with van der Waals surface area (Å²) in [5, 5.41) is 2.60. The smallest absolute Gasteiger partial charge is 0.300 e. The highest BCUT2D eigenvalue weighted by molar-refractivity contribution is 6.03. The van der Waals surface area contributed by atoms with E-state index in [0.29, 0.717) is 0 Å². The Morgan fingerprint density at radius 2 is 2.54 bits per heavy atom. The molecule has 0 bridgehead atoms. The van der Waals surface area contributed by atoms with Crippen molar-refractivity contribution in [3.63, 3.8) is 0 Å². The van der Waals surface area contributed by atoms with E-state index in [0.717, 1.165) is 17.7 Å². The maximum Gasteiger partial charge on any atom is 0.300 e. The number of pyridine rings is 1. The first-order valence-corrected chi connectivity index (χ1v) is 3.98. The van der Waals surface area contributed by atoms with Crippen LogP contribution < -0.4 is 5.32 Å². The van der Waals surface area contributed by atoms with Gasteiger partial charge in [0.25, 0.3) is 5.91 Å². The first-order chi connectivity index (χ1) is 6.27. The van der Waals surface area contributed by atoms with E-state index in [1.807, 2.05) is 12.8 Å². The van der Waals surface area contributed by atoms with Gasteiger partial charge in [-0.05, 0) is 24.0 Å². The number of hydrogen-bond acceptors (Lipinski definition) is 2. The molecular weight excluding hydrogens is 164 g/mol. The van der Waals surface area contributed by atoms with E-state index in [4.69, 9.17) is 6.42 Å². The Bertz CT molecular complexity index is 352. The van der Waals surface area contributed by atoms with E-state index in [-0.39, 0.29) is 0 Å². The van der Waals surface area contributed by atoms with Gasteiger partial charge in [0.15, 0.2) is 0 Å². The van der Waals surface area contributed by atoms with Crippen LogP contribution in [0.1, 0.15) is 12.5 Å². The molecule has 0 fully saturated rings. The molecule has 0 saturated heterocycles. The lowest BCUT2D eigenvalue weighted by Gasteiger charge is -2.05. The van der Waals surface area contributed by atoms with Gasteiger partial charge >= 0.3 is 0 Å². The van der Waals surface area contributed by atoms with Crippen LogP contribution in [0, 0.1) is 12.3 Å². The van der Waals surface area contributed by atoms with Gasteiger partial charge in [0, 0.05) is 18.1 Å². The molecule has 1 amide bonds. The summed E-state index contributed by atoms with van der Waals surface area (Å²) in [4.78, 5) is 14.8. The summed E-state index contributed by atoms with van der Waals surface area (Å²) in [7, 11) is 0. The van der Waals surface area contributed by atoms with Gasteiger partial charge in [0.2, 0.25) is 0 Å². The molecule has 0 radical (unpaired) electrons. The van der Waals surface area contributed by atoms with E-state index in [1.165, 1.54) is 0 Å². The van der Waals surface area contributed by atoms with Crippen LogP contribution in [0.5, 0.6) is 0 Å². The molecule has 0 atom stereocenters. The monoisotopic (exact) mass is 174 g/mol. The Kier molecular flexibility index (Phi) is 3.04. The average molecular weight is 174 g/mol. The summed E-state index contributed by atoms with van der Waals surface area (Å²) in [6, 6.07) is 1.73. The van der Waals surface area contributed by atoms with E-state index in [1.54, 1.807) is 18.5 Å². The van der Waals surface area contributed by atoms with E-state index in [2.05, 4.69) is 10.3 Å². The van der Waals surface area contributed by atoms with Crippen LogP contribution in [-0.4, -0.2) is 10.9 Å². The van der Waals surface area contributed by atoms with Crippen LogP contribution in [0.2, 0.25) is 0 Å². The van der Waals surface area contributed by atoms with E-state index < -0.39 is 5.91 Å². The van der Waals surface area contributed by atoms with E-state index in [9.17, 15) is 4.79 Å². The topological polar surface area (TPSA) is 42.0 Å². The van der Waals surface area contributed by atoms with Crippen LogP contribution in [-0.2, 0) is 11.2 Å². The number of nitrogens with zero attached hydrogens (tertiary/aromatic N) is 1. The Hall–Kier alpha value is -1.82. The molecule has 0 aromatic carbocycles. The van der Waals surface area contributed by atoms with E-state index >= 15 is 0 Å². The number of rotatable bonds is 2. The Labute approximate surface area is 77.2 Å². The largest absolute Gasteiger partial charge is 0.315 e. The fraction of sp³-hybridized carbons (Fsp3) is 0.200. The second-order valence-corrected chi connectivity index (χ2v) is 2.48. The van der Waals surface area contributed by atoms with Crippen molar-refractivity contribution >= 4 is 11.6 Å². The molecule has 0 saturated carbocycles. The zero-order chi connectivity index (χ0) is 9.68. The predicted molar refractivity (Wildman–Crippen MR) is 51.1 cm³/mol. The molecule has 0 aliphatic rings. The number of nitrogens with one attached hydrogen (secondary N) is 1. The summed E-state index contributed by atoms with van der Waals surface area (Å²) in [6.07, 6.45) is 9.08. The Morgan fingerprint density at radius 1 is 1.77 bits per heavy atom. The maximum absolute atomic E-state index is 10.9. The van der Waals surface area contributed by atoms with Gasteiger partial charge in [-0.15, -0.1) is 6.42 Å². The molecule has 1 aromatic rings. The summed E-state index contributed by atoms with van der Waals surface area (Å²) in [5.74, 6) is 1.56. The first kappa shape index (κ1) is 9.27. The number of carbonyl (C=O) groups is 1. The summed E-state index contributed by atoms with van der Waals surface area (Å²) < 4.78 is 0. The van der Waals surface area contributed by atoms with Crippen molar-refractivity contribution in [1.29, 1.82) is 0 Å². The quantitative estimate of drug-likeness (QED) is 0.685. The van der Waals surface area contributed by atoms with Gasteiger partial charge in [0.05, 0.1) is 0 Å². The highest BCUT2D eigenvalue weighted by Gasteiger charge is 2.01. The highest BCUT2D eigenvalue weighted by Crippen LogP contribution is 2.13. The number of anilines is 1. The summed E-state index contributed by atoms with van der Waals surface area (Å²) >= 11 is 0. The minimum absolute atomic E-state index is 0.430. The Balaban J connectivity index is 2.88. The van der Waals surface area contributed by atoms with Gasteiger partial charge in [-0.25, -0.2) is 0 Å². The first-order valence-electron chi connectivity index (χ1n) is 3.98. The molecule has 1 rings (SSSR count). The van der Waals surface area contributed by atoms with Gasteiger partial charge < -0.3 is 5.32 Å². The third kappa shape index (κ3) is 2.31. The zero-order valence-electron chi connectivity index (χ0n) is 7.37. The third-order valence-electron chi connectivity index (χ3n) is 1.66. The van der Waals surface area contributed by atoms with Crippen LogP contribution in [0.4, 0.5) is 5.69 Å². The minimum atomic E-state index is -0.430. The molecule has 1 N–H and O–H groups in total. The lowest BCUT2D eigenvalue weighted by atomic mass is 10.2. The van der Waals surface area contributed by atoms with Gasteiger partial charge in [-0.2, -0.15) is 0 Å². The van der Waals surface area contributed by atoms with Crippen molar-refractivity contribution in [2.45, 2.75) is 13.3 Å². The van der Waals surface area contributed by atoms with Gasteiger partial charge in [0.1, 0.15) is 0 Å². The SMILES string of the molecule is C#CC(=O)Nc1ccncc1CC. The molecule has 66 valence electrons. The van der Waals surface area contributed by atoms with Crippen molar-refractivity contribution in [1.82, 2.24) is 4.98 Å². The molecule has 3 heteroatoms. The number of amides is 1. The minimum Gasteiger partial charge on any atom is -0.315 e. The number of terminal acetylenes is 1. The zero-order valence-corrected chi connectivity index (χ0v) is 7.37. The van der Waals surface area contributed by atoms with Crippen molar-refractivity contribution in [3.8, 4) is 12.3 Å². The maximum atomic E-state index is 10.9. The lowest BCUT2D eigenvalue weighted by Crippen LogP contribution is -2.09. The number of carbonyl (C=O) groups excluding carboxylic acids is 1. The molecule has 3 nitrogen and oxygen atoms in total. The van der Waals surface area contributed by atoms with Gasteiger partial charge in [-0.1, -0.05) is 6.92 Å². The van der Waals surface area contributed by atoms with Crippen LogP contribution in [0.25, 0.3) is 0 Å². The molecule has 0 spiro atoms. The standard InChI is InChI=1S/C10H10N2O/c1-3-8-7-11-6-5-9(8)12-10(13)4-2/h2,5-7H,3H2,1H3,(H,11,12,13). The second kappa shape index (κ2) is 4.27. The molecule has 0 aliphatic carbocycles. The normalized spacial score (nSPS) is 8.92. The summed E-state index contributed by atoms with van der Waals surface area (Å²) in [6.45, 7) is 1.99. The second-order valence-electron chi connectivity index (χ2n) is 2.48. The van der Waals surface area contributed by atoms with Gasteiger partial charge in [-0.3, -0.25) is 9.78 Å². The average Bonchev–Trinajstić information content (AvgIpc) is 2.18. The third-order valence-corrected chi connectivity index (χ3v) is 1.66. The fourth-order valence-corrected chi connectivity index (χ4v) is 0.989. The molecule has 1 heterocycles.